The number of halogens is 2. The zero-order valence-electron chi connectivity index (χ0n) is 13.9. The van der Waals surface area contributed by atoms with E-state index in [4.69, 9.17) is 0 Å². The van der Waals surface area contributed by atoms with Crippen LogP contribution in [0.2, 0.25) is 0 Å². The number of thiocarbonyl (C=S) groups is 1. The van der Waals surface area contributed by atoms with Crippen molar-refractivity contribution in [1.29, 1.82) is 0 Å². The molecule has 1 nitrogen and oxygen atoms in total. The summed E-state index contributed by atoms with van der Waals surface area (Å²) in [5.41, 5.74) is 2.99. The molecule has 0 heterocycles. The third-order valence-corrected chi connectivity index (χ3v) is 3.92. The van der Waals surface area contributed by atoms with Crippen LogP contribution in [0.5, 0.6) is 0 Å². The maximum Gasteiger partial charge on any atom is 0.136 e. The number of rotatable bonds is 2. The van der Waals surface area contributed by atoms with Gasteiger partial charge in [-0.05, 0) is 54.5 Å². The molecule has 0 aliphatic rings. The summed E-state index contributed by atoms with van der Waals surface area (Å²) < 4.78 is 28.7. The van der Waals surface area contributed by atoms with Crippen LogP contribution in [0.4, 0.5) is 14.5 Å². The quantitative estimate of drug-likeness (QED) is 0.306. The van der Waals surface area contributed by atoms with E-state index in [9.17, 15) is 8.78 Å². The fourth-order valence-corrected chi connectivity index (χ4v) is 2.68. The van der Waals surface area contributed by atoms with E-state index in [1.54, 1.807) is 18.2 Å². The summed E-state index contributed by atoms with van der Waals surface area (Å²) in [5, 5.41) is 2.10. The molecular weight excluding hydrogens is 348 g/mol. The van der Waals surface area contributed by atoms with Crippen molar-refractivity contribution in [2.24, 2.45) is 4.99 Å². The molecule has 0 unspecified atom stereocenters. The van der Waals surface area contributed by atoms with Crippen LogP contribution >= 0.6 is 12.2 Å². The van der Waals surface area contributed by atoms with Crippen molar-refractivity contribution < 1.29 is 8.78 Å². The minimum atomic E-state index is -0.698. The van der Waals surface area contributed by atoms with Gasteiger partial charge in [-0.25, -0.2) is 8.78 Å². The molecule has 0 amide bonds. The van der Waals surface area contributed by atoms with Gasteiger partial charge in [0.25, 0.3) is 0 Å². The Balaban J connectivity index is 1.98. The first-order valence-electron chi connectivity index (χ1n) is 7.83. The van der Waals surface area contributed by atoms with Gasteiger partial charge in [-0.2, -0.15) is 4.99 Å². The Bertz CT molecular complexity index is 1050. The molecule has 0 saturated carbocycles. The van der Waals surface area contributed by atoms with Crippen LogP contribution in [0, 0.1) is 30.4 Å². The third kappa shape index (κ3) is 3.92. The second-order valence-corrected chi connectivity index (χ2v) is 5.82. The Morgan fingerprint density at radius 3 is 2.19 bits per heavy atom. The van der Waals surface area contributed by atoms with E-state index < -0.39 is 11.6 Å². The monoisotopic (exact) mass is 361 g/mol. The molecule has 0 spiro atoms. The standard InChI is InChI=1S/C22H13F2NS/c1-15-11-18(22-20(23)12-19(25-14-26)13-21(22)24)10-9-17(15)8-7-16-5-3-2-4-6-16/h2-6,9-13H,1H3. The van der Waals surface area contributed by atoms with Gasteiger partial charge in [-0.15, -0.1) is 0 Å². The van der Waals surface area contributed by atoms with Gasteiger partial charge in [0.15, 0.2) is 0 Å². The third-order valence-electron chi connectivity index (χ3n) is 3.83. The number of benzene rings is 3. The molecule has 26 heavy (non-hydrogen) atoms. The molecule has 0 aromatic heterocycles. The summed E-state index contributed by atoms with van der Waals surface area (Å²) in [6.07, 6.45) is 0. The fourth-order valence-electron chi connectivity index (χ4n) is 2.57. The molecule has 0 atom stereocenters. The zero-order valence-corrected chi connectivity index (χ0v) is 14.7. The number of nitrogens with zero attached hydrogens (tertiary/aromatic N) is 1. The lowest BCUT2D eigenvalue weighted by molar-refractivity contribution is 0.590. The Morgan fingerprint density at radius 2 is 1.58 bits per heavy atom. The molecule has 0 N–H and O–H groups in total. The lowest BCUT2D eigenvalue weighted by Crippen LogP contribution is -1.92. The van der Waals surface area contributed by atoms with Crippen LogP contribution in [0.3, 0.4) is 0 Å². The number of hydrogen-bond donors (Lipinski definition) is 0. The van der Waals surface area contributed by atoms with E-state index in [0.717, 1.165) is 28.8 Å². The summed E-state index contributed by atoms with van der Waals surface area (Å²) in [4.78, 5) is 3.61. The molecule has 126 valence electrons. The normalized spacial score (nSPS) is 9.81. The molecule has 4 heteroatoms. The highest BCUT2D eigenvalue weighted by Gasteiger charge is 2.14. The van der Waals surface area contributed by atoms with Gasteiger partial charge in [0.1, 0.15) is 11.6 Å². The predicted molar refractivity (Wildman–Crippen MR) is 104 cm³/mol. The maximum absolute atomic E-state index is 14.3. The van der Waals surface area contributed by atoms with Gasteiger partial charge in [0, 0.05) is 23.3 Å². The highest BCUT2D eigenvalue weighted by Crippen LogP contribution is 2.31. The highest BCUT2D eigenvalue weighted by atomic mass is 32.1. The van der Waals surface area contributed by atoms with E-state index in [2.05, 4.69) is 34.2 Å². The Labute approximate surface area is 156 Å². The molecule has 3 aromatic rings. The minimum Gasteiger partial charge on any atom is -0.206 e. The Hall–Kier alpha value is -3.12. The van der Waals surface area contributed by atoms with Gasteiger partial charge >= 0.3 is 0 Å². The highest BCUT2D eigenvalue weighted by molar-refractivity contribution is 7.78. The van der Waals surface area contributed by atoms with Gasteiger partial charge in [0.2, 0.25) is 0 Å². The van der Waals surface area contributed by atoms with Crippen LogP contribution in [-0.4, -0.2) is 5.16 Å². The first-order chi connectivity index (χ1) is 12.6. The van der Waals surface area contributed by atoms with Crippen molar-refractivity contribution in [2.45, 2.75) is 6.92 Å². The van der Waals surface area contributed by atoms with Crippen molar-refractivity contribution >= 4 is 23.1 Å². The van der Waals surface area contributed by atoms with E-state index >= 15 is 0 Å². The average molecular weight is 361 g/mol. The average Bonchev–Trinajstić information content (AvgIpc) is 2.61. The van der Waals surface area contributed by atoms with Crippen LogP contribution in [0.15, 0.2) is 65.7 Å². The molecular formula is C22H13F2NS. The molecule has 0 aliphatic heterocycles. The first kappa shape index (κ1) is 17.7. The Morgan fingerprint density at radius 1 is 0.885 bits per heavy atom. The summed E-state index contributed by atoms with van der Waals surface area (Å²) >= 11 is 4.46. The SMILES string of the molecule is Cc1cc(-c2c(F)cc(N=C=S)cc2F)ccc1C#Cc1ccccc1. The van der Waals surface area contributed by atoms with Crippen molar-refractivity contribution in [3.8, 4) is 23.0 Å². The van der Waals surface area contributed by atoms with Crippen molar-refractivity contribution in [1.82, 2.24) is 0 Å². The second kappa shape index (κ2) is 7.84. The number of aryl methyl sites for hydroxylation is 1. The van der Waals surface area contributed by atoms with E-state index in [1.807, 2.05) is 37.3 Å². The van der Waals surface area contributed by atoms with E-state index in [-0.39, 0.29) is 11.3 Å². The van der Waals surface area contributed by atoms with Crippen LogP contribution in [-0.2, 0) is 0 Å². The zero-order chi connectivity index (χ0) is 18.5. The topological polar surface area (TPSA) is 12.4 Å². The largest absolute Gasteiger partial charge is 0.206 e. The summed E-state index contributed by atoms with van der Waals surface area (Å²) in [7, 11) is 0. The lowest BCUT2D eigenvalue weighted by atomic mass is 9.98. The van der Waals surface area contributed by atoms with Crippen LogP contribution in [0.1, 0.15) is 16.7 Å². The number of isothiocyanates is 1. The Kier molecular flexibility index (Phi) is 5.34. The summed E-state index contributed by atoms with van der Waals surface area (Å²) in [5.74, 6) is 4.77. The molecule has 3 aromatic carbocycles. The first-order valence-corrected chi connectivity index (χ1v) is 8.24. The van der Waals surface area contributed by atoms with E-state index in [1.165, 1.54) is 0 Å². The van der Waals surface area contributed by atoms with Crippen molar-refractivity contribution in [3.63, 3.8) is 0 Å². The fraction of sp³-hybridized carbons (Fsp3) is 0.0455. The molecule has 0 bridgehead atoms. The minimum absolute atomic E-state index is 0.0980. The van der Waals surface area contributed by atoms with Crippen molar-refractivity contribution in [3.05, 3.63) is 89.0 Å². The van der Waals surface area contributed by atoms with E-state index in [0.29, 0.717) is 5.56 Å². The van der Waals surface area contributed by atoms with Crippen molar-refractivity contribution in [2.75, 3.05) is 0 Å². The van der Waals surface area contributed by atoms with Crippen LogP contribution < -0.4 is 0 Å². The number of aliphatic imine (C=N–C) groups is 1. The lowest BCUT2D eigenvalue weighted by Gasteiger charge is -2.08. The maximum atomic E-state index is 14.3. The predicted octanol–water partition coefficient (Wildman–Crippen LogP) is 6.07. The van der Waals surface area contributed by atoms with Crippen LogP contribution in [0.25, 0.3) is 11.1 Å². The summed E-state index contributed by atoms with van der Waals surface area (Å²) in [6, 6.07) is 17.0. The molecule has 0 aliphatic carbocycles. The van der Waals surface area contributed by atoms with Gasteiger partial charge in [0.05, 0.1) is 16.4 Å². The number of hydrogen-bond acceptors (Lipinski definition) is 2. The molecule has 0 saturated heterocycles. The molecule has 0 radical (unpaired) electrons. The second-order valence-electron chi connectivity index (χ2n) is 5.63. The van der Waals surface area contributed by atoms with Gasteiger partial charge in [-0.3, -0.25) is 0 Å². The molecule has 3 rings (SSSR count). The van der Waals surface area contributed by atoms with Gasteiger partial charge < -0.3 is 0 Å². The summed E-state index contributed by atoms with van der Waals surface area (Å²) in [6.45, 7) is 1.86. The smallest absolute Gasteiger partial charge is 0.136 e. The molecule has 0 fully saturated rings. The van der Waals surface area contributed by atoms with Gasteiger partial charge in [-0.1, -0.05) is 36.1 Å².